The Hall–Kier alpha value is -2.29. The second-order valence-corrected chi connectivity index (χ2v) is 6.73. The van der Waals surface area contributed by atoms with Crippen LogP contribution in [0.15, 0.2) is 77.8 Å². The van der Waals surface area contributed by atoms with E-state index < -0.39 is 0 Å². The molecule has 0 bridgehead atoms. The van der Waals surface area contributed by atoms with Crippen molar-refractivity contribution in [2.24, 2.45) is 4.99 Å². The predicted octanol–water partition coefficient (Wildman–Crippen LogP) is 6.75. The van der Waals surface area contributed by atoms with Crippen LogP contribution in [-0.2, 0) is 6.61 Å². The second kappa shape index (κ2) is 8.88. The van der Waals surface area contributed by atoms with E-state index in [2.05, 4.69) is 4.99 Å². The Morgan fingerprint density at radius 2 is 1.73 bits per heavy atom. The van der Waals surface area contributed by atoms with Crippen LogP contribution >= 0.6 is 23.2 Å². The van der Waals surface area contributed by atoms with Gasteiger partial charge in [0.2, 0.25) is 0 Å². The largest absolute Gasteiger partial charge is 0.489 e. The van der Waals surface area contributed by atoms with Crippen molar-refractivity contribution in [3.8, 4) is 5.75 Å². The molecule has 0 spiro atoms. The maximum absolute atomic E-state index is 6.27. The summed E-state index contributed by atoms with van der Waals surface area (Å²) in [5, 5.41) is 1.10. The standard InChI is InChI=1S/C22H19Cl2NO/c1-16(20-11-6-12-21(23)22(20)24)25-14-18-9-5-10-19(13-18)26-15-17-7-3-2-4-8-17/h2-14,16H,15H2,1H3. The first kappa shape index (κ1) is 18.5. The molecule has 1 atom stereocenters. The lowest BCUT2D eigenvalue weighted by Gasteiger charge is -2.10. The molecule has 1 unspecified atom stereocenters. The molecule has 0 aromatic heterocycles. The van der Waals surface area contributed by atoms with Gasteiger partial charge >= 0.3 is 0 Å². The number of hydrogen-bond donors (Lipinski definition) is 0. The quantitative estimate of drug-likeness (QED) is 0.431. The summed E-state index contributed by atoms with van der Waals surface area (Å²) in [5.74, 6) is 0.811. The highest BCUT2D eigenvalue weighted by Crippen LogP contribution is 2.31. The number of rotatable bonds is 6. The third-order valence-corrected chi connectivity index (χ3v) is 4.82. The molecule has 0 aliphatic carbocycles. The Kier molecular flexibility index (Phi) is 6.32. The van der Waals surface area contributed by atoms with Crippen LogP contribution in [0.25, 0.3) is 0 Å². The first-order chi connectivity index (χ1) is 12.6. The number of benzene rings is 3. The zero-order valence-electron chi connectivity index (χ0n) is 14.4. The van der Waals surface area contributed by atoms with Gasteiger partial charge in [0.15, 0.2) is 0 Å². The molecule has 0 fully saturated rings. The van der Waals surface area contributed by atoms with E-state index in [1.807, 2.05) is 79.9 Å². The second-order valence-electron chi connectivity index (χ2n) is 5.94. The molecule has 0 saturated heterocycles. The highest BCUT2D eigenvalue weighted by atomic mass is 35.5. The molecule has 132 valence electrons. The monoisotopic (exact) mass is 383 g/mol. The molecule has 0 amide bonds. The van der Waals surface area contributed by atoms with Gasteiger partial charge in [-0.15, -0.1) is 0 Å². The molecule has 3 aromatic rings. The highest BCUT2D eigenvalue weighted by Gasteiger charge is 2.10. The number of nitrogens with zero attached hydrogens (tertiary/aromatic N) is 1. The van der Waals surface area contributed by atoms with Crippen molar-refractivity contribution in [3.05, 3.63) is 99.5 Å². The van der Waals surface area contributed by atoms with E-state index in [1.165, 1.54) is 0 Å². The summed E-state index contributed by atoms with van der Waals surface area (Å²) in [6.07, 6.45) is 1.83. The molecule has 3 rings (SSSR count). The topological polar surface area (TPSA) is 21.6 Å². The maximum atomic E-state index is 6.27. The SMILES string of the molecule is CC(N=Cc1cccc(OCc2ccccc2)c1)c1cccc(Cl)c1Cl. The first-order valence-electron chi connectivity index (χ1n) is 8.37. The van der Waals surface area contributed by atoms with Crippen molar-refractivity contribution in [2.75, 3.05) is 0 Å². The molecule has 26 heavy (non-hydrogen) atoms. The molecule has 0 heterocycles. The Bertz CT molecular complexity index is 894. The summed E-state index contributed by atoms with van der Waals surface area (Å²) in [7, 11) is 0. The van der Waals surface area contributed by atoms with Crippen LogP contribution in [-0.4, -0.2) is 6.21 Å². The molecule has 0 saturated carbocycles. The van der Waals surface area contributed by atoms with E-state index in [0.29, 0.717) is 16.7 Å². The van der Waals surface area contributed by atoms with Crippen LogP contribution in [0.3, 0.4) is 0 Å². The van der Waals surface area contributed by atoms with Crippen LogP contribution in [0, 0.1) is 0 Å². The van der Waals surface area contributed by atoms with E-state index in [-0.39, 0.29) is 6.04 Å². The van der Waals surface area contributed by atoms with Gasteiger partial charge in [0.1, 0.15) is 12.4 Å². The molecule has 3 aromatic carbocycles. The molecule has 0 aliphatic heterocycles. The fourth-order valence-electron chi connectivity index (χ4n) is 2.55. The molecule has 0 N–H and O–H groups in total. The number of ether oxygens (including phenoxy) is 1. The van der Waals surface area contributed by atoms with Crippen molar-refractivity contribution < 1.29 is 4.74 Å². The number of hydrogen-bond acceptors (Lipinski definition) is 2. The van der Waals surface area contributed by atoms with Gasteiger partial charge in [0.05, 0.1) is 16.1 Å². The molecule has 2 nitrogen and oxygen atoms in total. The third kappa shape index (κ3) is 4.87. The summed E-state index contributed by atoms with van der Waals surface area (Å²) in [4.78, 5) is 4.60. The lowest BCUT2D eigenvalue weighted by molar-refractivity contribution is 0.306. The zero-order chi connectivity index (χ0) is 18.4. The van der Waals surface area contributed by atoms with E-state index in [0.717, 1.165) is 22.4 Å². The minimum Gasteiger partial charge on any atom is -0.489 e. The fraction of sp³-hybridized carbons (Fsp3) is 0.136. The van der Waals surface area contributed by atoms with Crippen molar-refractivity contribution in [2.45, 2.75) is 19.6 Å². The summed E-state index contributed by atoms with van der Waals surface area (Å²) in [6, 6.07) is 23.5. The van der Waals surface area contributed by atoms with Crippen molar-refractivity contribution in [3.63, 3.8) is 0 Å². The van der Waals surface area contributed by atoms with Crippen LogP contribution in [0.2, 0.25) is 10.0 Å². The average Bonchev–Trinajstić information content (AvgIpc) is 2.68. The van der Waals surface area contributed by atoms with Gasteiger partial charge in [0.25, 0.3) is 0 Å². The summed E-state index contributed by atoms with van der Waals surface area (Å²) in [6.45, 7) is 2.53. The predicted molar refractivity (Wildman–Crippen MR) is 110 cm³/mol. The third-order valence-electron chi connectivity index (χ3n) is 3.99. The Morgan fingerprint density at radius 3 is 2.54 bits per heavy atom. The summed E-state index contributed by atoms with van der Waals surface area (Å²) in [5.41, 5.74) is 3.02. The van der Waals surface area contributed by atoms with Gasteiger partial charge < -0.3 is 4.74 Å². The maximum Gasteiger partial charge on any atom is 0.120 e. The normalized spacial score (nSPS) is 12.3. The minimum absolute atomic E-state index is 0.0879. The lowest BCUT2D eigenvalue weighted by Crippen LogP contribution is -1.96. The highest BCUT2D eigenvalue weighted by molar-refractivity contribution is 6.42. The minimum atomic E-state index is -0.0879. The van der Waals surface area contributed by atoms with Crippen LogP contribution in [0.5, 0.6) is 5.75 Å². The summed E-state index contributed by atoms with van der Waals surface area (Å²) < 4.78 is 5.86. The Labute approximate surface area is 164 Å². The zero-order valence-corrected chi connectivity index (χ0v) is 15.9. The van der Waals surface area contributed by atoms with Crippen molar-refractivity contribution >= 4 is 29.4 Å². The Balaban J connectivity index is 1.68. The molecule has 4 heteroatoms. The van der Waals surface area contributed by atoms with Crippen LogP contribution in [0.1, 0.15) is 29.7 Å². The average molecular weight is 384 g/mol. The molecular formula is C22H19Cl2NO. The Morgan fingerprint density at radius 1 is 0.962 bits per heavy atom. The molecule has 0 aliphatic rings. The van der Waals surface area contributed by atoms with E-state index in [1.54, 1.807) is 6.07 Å². The van der Waals surface area contributed by atoms with Gasteiger partial charge in [-0.3, -0.25) is 4.99 Å². The molecular weight excluding hydrogens is 365 g/mol. The number of aliphatic imine (C=N–C) groups is 1. The van der Waals surface area contributed by atoms with E-state index >= 15 is 0 Å². The first-order valence-corrected chi connectivity index (χ1v) is 9.13. The van der Waals surface area contributed by atoms with E-state index in [4.69, 9.17) is 27.9 Å². The lowest BCUT2D eigenvalue weighted by atomic mass is 10.1. The van der Waals surface area contributed by atoms with Crippen LogP contribution < -0.4 is 4.74 Å². The van der Waals surface area contributed by atoms with Crippen molar-refractivity contribution in [1.82, 2.24) is 0 Å². The van der Waals surface area contributed by atoms with E-state index in [9.17, 15) is 0 Å². The van der Waals surface area contributed by atoms with Gasteiger partial charge in [-0.05, 0) is 41.8 Å². The summed E-state index contributed by atoms with van der Waals surface area (Å²) >= 11 is 12.3. The van der Waals surface area contributed by atoms with Crippen molar-refractivity contribution in [1.29, 1.82) is 0 Å². The smallest absolute Gasteiger partial charge is 0.120 e. The van der Waals surface area contributed by atoms with Gasteiger partial charge in [-0.1, -0.05) is 77.8 Å². The molecule has 0 radical (unpaired) electrons. The van der Waals surface area contributed by atoms with Gasteiger partial charge in [-0.2, -0.15) is 0 Å². The number of halogens is 2. The van der Waals surface area contributed by atoms with Gasteiger partial charge in [0, 0.05) is 6.21 Å². The van der Waals surface area contributed by atoms with Crippen LogP contribution in [0.4, 0.5) is 0 Å². The van der Waals surface area contributed by atoms with Gasteiger partial charge in [-0.25, -0.2) is 0 Å². The fourth-order valence-corrected chi connectivity index (χ4v) is 3.01.